The molecule has 4 heteroatoms. The van der Waals surface area contributed by atoms with Crippen LogP contribution in [0.25, 0.3) is 0 Å². The molecule has 1 rings (SSSR count). The molecule has 14 heavy (non-hydrogen) atoms. The zero-order chi connectivity index (χ0) is 10.9. The maximum absolute atomic E-state index is 12.1. The maximum atomic E-state index is 12.1. The number of hydrogen-bond acceptors (Lipinski definition) is 1. The lowest BCUT2D eigenvalue weighted by Gasteiger charge is -2.06. The molecule has 76 valence electrons. The Morgan fingerprint density at radius 3 is 2.07 bits per heavy atom. The van der Waals surface area contributed by atoms with Gasteiger partial charge in [-0.3, -0.25) is 4.79 Å². The molecule has 0 aliphatic rings. The van der Waals surface area contributed by atoms with E-state index in [1.807, 2.05) is 0 Å². The van der Waals surface area contributed by atoms with E-state index in [1.54, 1.807) is 13.8 Å². The van der Waals surface area contributed by atoms with Gasteiger partial charge in [-0.05, 0) is 37.1 Å². The van der Waals surface area contributed by atoms with Crippen molar-refractivity contribution < 1.29 is 13.6 Å². The van der Waals surface area contributed by atoms with Gasteiger partial charge in [0, 0.05) is 10.0 Å². The van der Waals surface area contributed by atoms with Crippen molar-refractivity contribution in [3.05, 3.63) is 33.3 Å². The number of Topliss-reactive ketones (excluding diaryl/α,β-unsaturated/α-hetero) is 1. The average molecular weight is 263 g/mol. The molecule has 0 aliphatic heterocycles. The molecule has 0 radical (unpaired) electrons. The van der Waals surface area contributed by atoms with Crippen LogP contribution in [0.5, 0.6) is 0 Å². The summed E-state index contributed by atoms with van der Waals surface area (Å²) in [7, 11) is 0. The number of benzene rings is 1. The van der Waals surface area contributed by atoms with Crippen molar-refractivity contribution in [1.29, 1.82) is 0 Å². The molecule has 1 aromatic carbocycles. The Morgan fingerprint density at radius 2 is 1.71 bits per heavy atom. The van der Waals surface area contributed by atoms with Crippen LogP contribution in [0.1, 0.15) is 21.5 Å². The second kappa shape index (κ2) is 4.17. The quantitative estimate of drug-likeness (QED) is 0.746. The molecule has 0 unspecified atom stereocenters. The minimum atomic E-state index is -2.94. The van der Waals surface area contributed by atoms with Crippen LogP contribution in [-0.2, 0) is 0 Å². The van der Waals surface area contributed by atoms with Crippen molar-refractivity contribution >= 4 is 21.7 Å². The molecule has 0 aliphatic carbocycles. The molecule has 0 spiro atoms. The highest BCUT2D eigenvalue weighted by Gasteiger charge is 2.18. The minimum Gasteiger partial charge on any atom is -0.288 e. The van der Waals surface area contributed by atoms with Gasteiger partial charge in [0.05, 0.1) is 0 Å². The first-order chi connectivity index (χ1) is 6.43. The Bertz CT molecular complexity index is 351. The van der Waals surface area contributed by atoms with Gasteiger partial charge in [-0.1, -0.05) is 15.9 Å². The highest BCUT2D eigenvalue weighted by atomic mass is 79.9. The largest absolute Gasteiger partial charge is 0.300 e. The minimum absolute atomic E-state index is 0.0678. The Morgan fingerprint density at radius 1 is 1.29 bits per heavy atom. The Balaban J connectivity index is 3.19. The first-order valence-electron chi connectivity index (χ1n) is 4.02. The van der Waals surface area contributed by atoms with E-state index in [1.165, 1.54) is 12.1 Å². The monoisotopic (exact) mass is 262 g/mol. The normalized spacial score (nSPS) is 10.7. The molecular formula is C10H9BrF2O. The van der Waals surface area contributed by atoms with Crippen LogP contribution in [0.15, 0.2) is 16.6 Å². The van der Waals surface area contributed by atoms with Gasteiger partial charge >= 0.3 is 6.43 Å². The smallest absolute Gasteiger partial charge is 0.288 e. The fourth-order valence-corrected chi connectivity index (χ4v) is 1.44. The fourth-order valence-electron chi connectivity index (χ4n) is 1.21. The maximum Gasteiger partial charge on any atom is 0.300 e. The first-order valence-corrected chi connectivity index (χ1v) is 4.82. The summed E-state index contributed by atoms with van der Waals surface area (Å²) in [4.78, 5) is 11.0. The van der Waals surface area contributed by atoms with E-state index in [0.717, 1.165) is 15.6 Å². The van der Waals surface area contributed by atoms with Crippen LogP contribution in [0.2, 0.25) is 0 Å². The molecule has 0 saturated carbocycles. The Hall–Kier alpha value is -0.770. The number of rotatable bonds is 2. The number of alkyl halides is 2. The van der Waals surface area contributed by atoms with Gasteiger partial charge in [0.25, 0.3) is 0 Å². The zero-order valence-electron chi connectivity index (χ0n) is 7.77. The third-order valence-electron chi connectivity index (χ3n) is 1.92. The summed E-state index contributed by atoms with van der Waals surface area (Å²) in [5.74, 6) is -1.12. The lowest BCUT2D eigenvalue weighted by atomic mass is 10.0. The lowest BCUT2D eigenvalue weighted by molar-refractivity contribution is 0.0678. The van der Waals surface area contributed by atoms with E-state index in [0.29, 0.717) is 0 Å². The van der Waals surface area contributed by atoms with Crippen LogP contribution >= 0.6 is 15.9 Å². The van der Waals surface area contributed by atoms with Gasteiger partial charge in [0.2, 0.25) is 5.78 Å². The molecule has 0 heterocycles. The molecule has 0 N–H and O–H groups in total. The first kappa shape index (κ1) is 11.3. The van der Waals surface area contributed by atoms with Crippen LogP contribution in [0.4, 0.5) is 8.78 Å². The van der Waals surface area contributed by atoms with Crippen LogP contribution < -0.4 is 0 Å². The number of carbonyl (C=O) groups excluding carboxylic acids is 1. The van der Waals surface area contributed by atoms with Gasteiger partial charge in [-0.2, -0.15) is 0 Å². The van der Waals surface area contributed by atoms with E-state index in [9.17, 15) is 13.6 Å². The van der Waals surface area contributed by atoms with Crippen molar-refractivity contribution in [3.8, 4) is 0 Å². The Labute approximate surface area is 89.3 Å². The number of carbonyl (C=O) groups is 1. The standard InChI is InChI=1S/C10H9BrF2O/c1-5-3-7(9(14)10(12)13)4-6(2)8(5)11/h3-4,10H,1-2H3. The third-order valence-corrected chi connectivity index (χ3v) is 3.17. The van der Waals surface area contributed by atoms with Gasteiger partial charge < -0.3 is 0 Å². The van der Waals surface area contributed by atoms with Gasteiger partial charge in [-0.15, -0.1) is 0 Å². The molecule has 1 nitrogen and oxygen atoms in total. The number of aryl methyl sites for hydroxylation is 2. The molecule has 0 aromatic heterocycles. The summed E-state index contributed by atoms with van der Waals surface area (Å²) in [5.41, 5.74) is 1.64. The van der Waals surface area contributed by atoms with Crippen molar-refractivity contribution in [3.63, 3.8) is 0 Å². The summed E-state index contributed by atoms with van der Waals surface area (Å²) in [6.45, 7) is 3.53. The molecule has 0 amide bonds. The van der Waals surface area contributed by atoms with E-state index < -0.39 is 12.2 Å². The third kappa shape index (κ3) is 2.18. The molecular weight excluding hydrogens is 254 g/mol. The van der Waals surface area contributed by atoms with Crippen molar-refractivity contribution in [1.82, 2.24) is 0 Å². The predicted molar refractivity (Wildman–Crippen MR) is 54.0 cm³/mol. The van der Waals surface area contributed by atoms with E-state index in [-0.39, 0.29) is 5.56 Å². The fraction of sp³-hybridized carbons (Fsp3) is 0.300. The van der Waals surface area contributed by atoms with Crippen LogP contribution in [0.3, 0.4) is 0 Å². The lowest BCUT2D eigenvalue weighted by Crippen LogP contribution is -2.10. The summed E-state index contributed by atoms with van der Waals surface area (Å²) in [5, 5.41) is 0. The second-order valence-electron chi connectivity index (χ2n) is 3.09. The number of ketones is 1. The SMILES string of the molecule is Cc1cc(C(=O)C(F)F)cc(C)c1Br. The van der Waals surface area contributed by atoms with E-state index in [2.05, 4.69) is 15.9 Å². The molecule has 0 fully saturated rings. The molecule has 0 bridgehead atoms. The second-order valence-corrected chi connectivity index (χ2v) is 3.88. The highest BCUT2D eigenvalue weighted by molar-refractivity contribution is 9.10. The zero-order valence-corrected chi connectivity index (χ0v) is 9.36. The summed E-state index contributed by atoms with van der Waals surface area (Å²) < 4.78 is 25.1. The van der Waals surface area contributed by atoms with Crippen molar-refractivity contribution in [2.45, 2.75) is 20.3 Å². The van der Waals surface area contributed by atoms with Crippen molar-refractivity contribution in [2.24, 2.45) is 0 Å². The topological polar surface area (TPSA) is 17.1 Å². The Kier molecular flexibility index (Phi) is 3.37. The average Bonchev–Trinajstić information content (AvgIpc) is 2.12. The summed E-state index contributed by atoms with van der Waals surface area (Å²) >= 11 is 3.30. The number of halogens is 3. The summed E-state index contributed by atoms with van der Waals surface area (Å²) in [6, 6.07) is 2.93. The molecule has 0 atom stereocenters. The molecule has 1 aromatic rings. The predicted octanol–water partition coefficient (Wildman–Crippen LogP) is 3.51. The number of hydrogen-bond donors (Lipinski definition) is 0. The van der Waals surface area contributed by atoms with Crippen molar-refractivity contribution in [2.75, 3.05) is 0 Å². The van der Waals surface area contributed by atoms with E-state index in [4.69, 9.17) is 0 Å². The van der Waals surface area contributed by atoms with Gasteiger partial charge in [0.1, 0.15) is 0 Å². The van der Waals surface area contributed by atoms with Crippen LogP contribution in [-0.4, -0.2) is 12.2 Å². The van der Waals surface area contributed by atoms with Gasteiger partial charge in [0.15, 0.2) is 0 Å². The summed E-state index contributed by atoms with van der Waals surface area (Å²) in [6.07, 6.45) is -2.94. The van der Waals surface area contributed by atoms with Gasteiger partial charge in [-0.25, -0.2) is 8.78 Å². The van der Waals surface area contributed by atoms with Crippen LogP contribution in [0, 0.1) is 13.8 Å². The highest BCUT2D eigenvalue weighted by Crippen LogP contribution is 2.23. The van der Waals surface area contributed by atoms with E-state index >= 15 is 0 Å². The molecule has 0 saturated heterocycles.